The van der Waals surface area contributed by atoms with Gasteiger partial charge in [0, 0.05) is 5.56 Å². The molecule has 0 bridgehead atoms. The molecule has 1 amide bonds. The maximum atomic E-state index is 12.9. The molecular weight excluding hydrogens is 325 g/mol. The van der Waals surface area contributed by atoms with Crippen molar-refractivity contribution in [3.8, 4) is 12.3 Å². The fourth-order valence-electron chi connectivity index (χ4n) is 2.83. The zero-order chi connectivity index (χ0) is 17.5. The van der Waals surface area contributed by atoms with Crippen LogP contribution in [0.3, 0.4) is 0 Å². The average Bonchev–Trinajstić information content (AvgIpc) is 2.69. The van der Waals surface area contributed by atoms with Gasteiger partial charge in [-0.3, -0.25) is 4.79 Å². The number of carbonyl (C=O) groups excluding carboxylic acids is 1. The third kappa shape index (κ3) is 3.63. The lowest BCUT2D eigenvalue weighted by molar-refractivity contribution is 0.0982. The molecule has 3 heteroatoms. The van der Waals surface area contributed by atoms with E-state index in [2.05, 4.69) is 11.0 Å². The van der Waals surface area contributed by atoms with Crippen molar-refractivity contribution in [3.63, 3.8) is 0 Å². The molecule has 122 valence electrons. The van der Waals surface area contributed by atoms with E-state index < -0.39 is 7.41 Å². The van der Waals surface area contributed by atoms with E-state index in [-0.39, 0.29) is 5.91 Å². The standard InChI is InChI=1S/C22H18NOP/c1-2-18-25(20-14-8-4-9-15-20,21-16-10-5-11-17-21)23-22(24)19-12-6-3-7-13-19/h1,3-17H,18H2/p+1. The quantitative estimate of drug-likeness (QED) is 0.556. The van der Waals surface area contributed by atoms with Gasteiger partial charge in [0.1, 0.15) is 16.8 Å². The van der Waals surface area contributed by atoms with Crippen molar-refractivity contribution in [2.75, 3.05) is 6.16 Å². The molecule has 0 saturated carbocycles. The molecule has 3 aromatic rings. The van der Waals surface area contributed by atoms with Gasteiger partial charge in [0.05, 0.1) is 0 Å². The van der Waals surface area contributed by atoms with Crippen molar-refractivity contribution in [2.45, 2.75) is 0 Å². The number of amides is 1. The second-order valence-electron chi connectivity index (χ2n) is 5.65. The van der Waals surface area contributed by atoms with Crippen LogP contribution in [0.2, 0.25) is 0 Å². The van der Waals surface area contributed by atoms with Crippen LogP contribution in [0.5, 0.6) is 0 Å². The van der Waals surface area contributed by atoms with Gasteiger partial charge in [-0.15, -0.1) is 6.42 Å². The van der Waals surface area contributed by atoms with Crippen LogP contribution in [0, 0.1) is 12.3 Å². The lowest BCUT2D eigenvalue weighted by Crippen LogP contribution is -2.38. The molecule has 0 atom stereocenters. The molecule has 0 unspecified atom stereocenters. The highest BCUT2D eigenvalue weighted by Gasteiger charge is 2.44. The van der Waals surface area contributed by atoms with Crippen LogP contribution in [0.15, 0.2) is 91.0 Å². The van der Waals surface area contributed by atoms with Crippen molar-refractivity contribution in [3.05, 3.63) is 96.6 Å². The van der Waals surface area contributed by atoms with Gasteiger partial charge in [0.2, 0.25) is 0 Å². The Morgan fingerprint density at radius 2 is 1.24 bits per heavy atom. The van der Waals surface area contributed by atoms with Gasteiger partial charge in [-0.05, 0) is 36.4 Å². The number of benzene rings is 3. The van der Waals surface area contributed by atoms with Gasteiger partial charge >= 0.3 is 0 Å². The first-order chi connectivity index (χ1) is 12.3. The summed E-state index contributed by atoms with van der Waals surface area (Å²) in [5.41, 5.74) is 0.635. The Morgan fingerprint density at radius 3 is 1.68 bits per heavy atom. The highest BCUT2D eigenvalue weighted by Crippen LogP contribution is 2.52. The Bertz CT molecular complexity index is 831. The van der Waals surface area contributed by atoms with Crippen molar-refractivity contribution in [1.29, 1.82) is 0 Å². The van der Waals surface area contributed by atoms with Gasteiger partial charge in [-0.25, -0.2) is 5.09 Å². The molecule has 0 aliphatic rings. The van der Waals surface area contributed by atoms with E-state index in [1.165, 1.54) is 0 Å². The maximum absolute atomic E-state index is 12.9. The summed E-state index contributed by atoms with van der Waals surface area (Å²) < 4.78 is 0. The zero-order valence-corrected chi connectivity index (χ0v) is 14.7. The first-order valence-electron chi connectivity index (χ1n) is 8.07. The van der Waals surface area contributed by atoms with E-state index >= 15 is 0 Å². The van der Waals surface area contributed by atoms with Crippen molar-refractivity contribution >= 4 is 23.9 Å². The van der Waals surface area contributed by atoms with E-state index in [1.54, 1.807) is 0 Å². The molecule has 3 rings (SSSR count). The van der Waals surface area contributed by atoms with E-state index in [0.29, 0.717) is 11.7 Å². The van der Waals surface area contributed by atoms with Gasteiger partial charge in [-0.2, -0.15) is 0 Å². The fraction of sp³-hybridized carbons (Fsp3) is 0.0455. The highest BCUT2D eigenvalue weighted by atomic mass is 31.2. The molecule has 3 aromatic carbocycles. The number of rotatable bonds is 5. The molecule has 0 heterocycles. The molecule has 0 aliphatic carbocycles. The SMILES string of the molecule is C#CC[P+](NC(=O)c1ccccc1)(c1ccccc1)c1ccccc1. The number of hydrogen-bond donors (Lipinski definition) is 1. The number of carbonyl (C=O) groups is 1. The Balaban J connectivity index is 2.11. The van der Waals surface area contributed by atoms with Crippen molar-refractivity contribution in [2.24, 2.45) is 0 Å². The summed E-state index contributed by atoms with van der Waals surface area (Å²) in [5, 5.41) is 5.46. The van der Waals surface area contributed by atoms with E-state index in [4.69, 9.17) is 6.42 Å². The zero-order valence-electron chi connectivity index (χ0n) is 13.8. The Morgan fingerprint density at radius 1 is 0.800 bits per heavy atom. The molecule has 0 radical (unpaired) electrons. The summed E-state index contributed by atoms with van der Waals surface area (Å²) in [6.07, 6.45) is 6.20. The normalized spacial score (nSPS) is 10.7. The van der Waals surface area contributed by atoms with Gasteiger partial charge in [-0.1, -0.05) is 60.5 Å². The number of nitrogens with one attached hydrogen (secondary N) is 1. The first-order valence-corrected chi connectivity index (χ1v) is 10.0. The van der Waals surface area contributed by atoms with Crippen molar-refractivity contribution in [1.82, 2.24) is 5.09 Å². The minimum atomic E-state index is -2.26. The van der Waals surface area contributed by atoms with Gasteiger partial charge in [0.25, 0.3) is 5.91 Å². The summed E-state index contributed by atoms with van der Waals surface area (Å²) in [7, 11) is -2.26. The summed E-state index contributed by atoms with van der Waals surface area (Å²) in [6, 6.07) is 29.3. The van der Waals surface area contributed by atoms with E-state index in [0.717, 1.165) is 10.6 Å². The first kappa shape index (κ1) is 17.0. The summed E-state index contributed by atoms with van der Waals surface area (Å²) in [4.78, 5) is 12.9. The number of terminal acetylenes is 1. The monoisotopic (exact) mass is 344 g/mol. The lowest BCUT2D eigenvalue weighted by Gasteiger charge is -2.25. The molecule has 0 fully saturated rings. The van der Waals surface area contributed by atoms with Crippen LogP contribution in [0.25, 0.3) is 0 Å². The second-order valence-corrected chi connectivity index (χ2v) is 8.84. The average molecular weight is 344 g/mol. The maximum Gasteiger partial charge on any atom is 0.283 e. The molecule has 1 N–H and O–H groups in total. The molecule has 0 saturated heterocycles. The molecular formula is C22H19NOP+. The van der Waals surface area contributed by atoms with Gasteiger partial charge < -0.3 is 0 Å². The van der Waals surface area contributed by atoms with Crippen molar-refractivity contribution < 1.29 is 4.79 Å². The third-order valence-electron chi connectivity index (χ3n) is 4.05. The molecule has 25 heavy (non-hydrogen) atoms. The Hall–Kier alpha value is -2.88. The molecule has 0 aromatic heterocycles. The predicted molar refractivity (Wildman–Crippen MR) is 107 cm³/mol. The molecule has 0 aliphatic heterocycles. The number of hydrogen-bond acceptors (Lipinski definition) is 1. The van der Waals surface area contributed by atoms with Crippen LogP contribution in [-0.2, 0) is 0 Å². The molecule has 0 spiro atoms. The molecule has 2 nitrogen and oxygen atoms in total. The van der Waals surface area contributed by atoms with Crippen LogP contribution < -0.4 is 15.7 Å². The highest BCUT2D eigenvalue weighted by molar-refractivity contribution is 7.88. The van der Waals surface area contributed by atoms with Crippen LogP contribution in [-0.4, -0.2) is 12.1 Å². The summed E-state index contributed by atoms with van der Waals surface area (Å²) in [5.74, 6) is 2.70. The third-order valence-corrected chi connectivity index (χ3v) is 7.65. The largest absolute Gasteiger partial charge is 0.283 e. The summed E-state index contributed by atoms with van der Waals surface area (Å²) >= 11 is 0. The van der Waals surface area contributed by atoms with Crippen LogP contribution in [0.1, 0.15) is 10.4 Å². The predicted octanol–water partition coefficient (Wildman–Crippen LogP) is 3.63. The topological polar surface area (TPSA) is 29.1 Å². The smallest absolute Gasteiger partial charge is 0.266 e. The Kier molecular flexibility index (Phi) is 5.29. The second kappa shape index (κ2) is 7.79. The van der Waals surface area contributed by atoms with E-state index in [9.17, 15) is 4.79 Å². The van der Waals surface area contributed by atoms with Gasteiger partial charge in [0.15, 0.2) is 7.41 Å². The summed E-state index contributed by atoms with van der Waals surface area (Å²) in [6.45, 7) is 0. The van der Waals surface area contributed by atoms with Crippen LogP contribution >= 0.6 is 7.41 Å². The minimum absolute atomic E-state index is 0.100. The fourth-order valence-corrected chi connectivity index (χ4v) is 5.94. The van der Waals surface area contributed by atoms with Crippen LogP contribution in [0.4, 0.5) is 0 Å². The minimum Gasteiger partial charge on any atom is -0.266 e. The Labute approximate surface area is 149 Å². The lowest BCUT2D eigenvalue weighted by atomic mass is 10.2. The van der Waals surface area contributed by atoms with E-state index in [1.807, 2.05) is 91.0 Å².